The minimum atomic E-state index is -2.74. The van der Waals surface area contributed by atoms with Crippen molar-refractivity contribution in [1.82, 2.24) is 5.16 Å². The highest BCUT2D eigenvalue weighted by Crippen LogP contribution is 2.18. The van der Waals surface area contributed by atoms with Crippen LogP contribution in [-0.2, 0) is 4.74 Å². The predicted octanol–water partition coefficient (Wildman–Crippen LogP) is 1.79. The molecule has 0 aliphatic carbocycles. The first-order chi connectivity index (χ1) is 6.15. The summed E-state index contributed by atoms with van der Waals surface area (Å²) < 4.78 is 32.7. The Labute approximate surface area is 72.5 Å². The van der Waals surface area contributed by atoms with Crippen LogP contribution in [0.15, 0.2) is 10.6 Å². The number of esters is 1. The first kappa shape index (κ1) is 9.63. The first-order valence-electron chi connectivity index (χ1n) is 3.57. The van der Waals surface area contributed by atoms with Gasteiger partial charge >= 0.3 is 5.97 Å². The van der Waals surface area contributed by atoms with Gasteiger partial charge in [-0.1, -0.05) is 5.16 Å². The van der Waals surface area contributed by atoms with E-state index in [0.29, 0.717) is 0 Å². The van der Waals surface area contributed by atoms with E-state index in [2.05, 4.69) is 14.4 Å². The Morgan fingerprint density at radius 2 is 2.46 bits per heavy atom. The Hall–Kier alpha value is -1.46. The Bertz CT molecular complexity index is 298. The molecule has 0 unspecified atom stereocenters. The van der Waals surface area contributed by atoms with Crippen LogP contribution >= 0.6 is 0 Å². The van der Waals surface area contributed by atoms with E-state index in [1.165, 1.54) is 0 Å². The molecule has 0 radical (unpaired) electrons. The number of alkyl halides is 2. The zero-order valence-electron chi connectivity index (χ0n) is 6.79. The number of carbonyl (C=O) groups excluding carboxylic acids is 1. The molecule has 0 N–H and O–H groups in total. The average molecular weight is 191 g/mol. The predicted molar refractivity (Wildman–Crippen MR) is 37.4 cm³/mol. The van der Waals surface area contributed by atoms with Crippen LogP contribution < -0.4 is 0 Å². The molecule has 1 aromatic heterocycles. The highest BCUT2D eigenvalue weighted by atomic mass is 19.3. The lowest BCUT2D eigenvalue weighted by Gasteiger charge is -1.94. The van der Waals surface area contributed by atoms with Gasteiger partial charge in [-0.25, -0.2) is 13.6 Å². The van der Waals surface area contributed by atoms with Crippen molar-refractivity contribution >= 4 is 5.97 Å². The third-order valence-corrected chi connectivity index (χ3v) is 1.23. The molecule has 4 nitrogen and oxygen atoms in total. The maximum Gasteiger partial charge on any atom is 0.377 e. The van der Waals surface area contributed by atoms with E-state index in [4.69, 9.17) is 0 Å². The van der Waals surface area contributed by atoms with Crippen LogP contribution in [0.5, 0.6) is 0 Å². The second kappa shape index (κ2) is 3.97. The lowest BCUT2D eigenvalue weighted by molar-refractivity contribution is 0.0478. The van der Waals surface area contributed by atoms with Gasteiger partial charge in [0.1, 0.15) is 0 Å². The van der Waals surface area contributed by atoms with Crippen molar-refractivity contribution in [3.8, 4) is 0 Å². The van der Waals surface area contributed by atoms with Crippen LogP contribution in [0.3, 0.4) is 0 Å². The molecule has 6 heteroatoms. The van der Waals surface area contributed by atoms with Crippen molar-refractivity contribution in [3.63, 3.8) is 0 Å². The molecule has 1 heterocycles. The molecule has 0 aliphatic heterocycles. The standard InChI is InChI=1S/C7H7F2NO3/c1-2-12-7(11)5-3-4(6(8)9)10-13-5/h3,6H,2H2,1H3. The van der Waals surface area contributed by atoms with Gasteiger partial charge in [0.05, 0.1) is 6.61 Å². The van der Waals surface area contributed by atoms with E-state index < -0.39 is 18.1 Å². The van der Waals surface area contributed by atoms with Gasteiger partial charge in [-0.15, -0.1) is 0 Å². The van der Waals surface area contributed by atoms with E-state index in [-0.39, 0.29) is 12.4 Å². The number of carbonyl (C=O) groups is 1. The van der Waals surface area contributed by atoms with Crippen LogP contribution in [0.2, 0.25) is 0 Å². The summed E-state index contributed by atoms with van der Waals surface area (Å²) in [5.74, 6) is -1.10. The van der Waals surface area contributed by atoms with E-state index in [1.807, 2.05) is 0 Å². The lowest BCUT2D eigenvalue weighted by atomic mass is 10.4. The third kappa shape index (κ3) is 2.24. The second-order valence-corrected chi connectivity index (χ2v) is 2.14. The molecule has 0 saturated carbocycles. The number of ether oxygens (including phenoxy) is 1. The third-order valence-electron chi connectivity index (χ3n) is 1.23. The molecule has 0 saturated heterocycles. The highest BCUT2D eigenvalue weighted by Gasteiger charge is 2.18. The van der Waals surface area contributed by atoms with Gasteiger partial charge in [0.15, 0.2) is 5.69 Å². The fourth-order valence-electron chi connectivity index (χ4n) is 0.690. The molecule has 0 fully saturated rings. The molecule has 13 heavy (non-hydrogen) atoms. The van der Waals surface area contributed by atoms with Gasteiger partial charge in [0.25, 0.3) is 6.43 Å². The van der Waals surface area contributed by atoms with E-state index >= 15 is 0 Å². The molecule has 0 aromatic carbocycles. The molecule has 72 valence electrons. The molecule has 0 atom stereocenters. The number of rotatable bonds is 3. The summed E-state index contributed by atoms with van der Waals surface area (Å²) >= 11 is 0. The molecule has 0 spiro atoms. The summed E-state index contributed by atoms with van der Waals surface area (Å²) in [7, 11) is 0. The smallest absolute Gasteiger partial charge is 0.377 e. The van der Waals surface area contributed by atoms with Gasteiger partial charge in [-0.3, -0.25) is 0 Å². The molecule has 0 aliphatic rings. The zero-order valence-corrected chi connectivity index (χ0v) is 6.79. The van der Waals surface area contributed by atoms with Gasteiger partial charge in [0, 0.05) is 6.07 Å². The van der Waals surface area contributed by atoms with Gasteiger partial charge < -0.3 is 9.26 Å². The fraction of sp³-hybridized carbons (Fsp3) is 0.429. The van der Waals surface area contributed by atoms with Crippen molar-refractivity contribution < 1.29 is 22.8 Å². The number of nitrogens with zero attached hydrogens (tertiary/aromatic N) is 1. The van der Waals surface area contributed by atoms with Crippen molar-refractivity contribution in [3.05, 3.63) is 17.5 Å². The van der Waals surface area contributed by atoms with E-state index in [0.717, 1.165) is 6.07 Å². The molecule has 0 bridgehead atoms. The quantitative estimate of drug-likeness (QED) is 0.683. The fourth-order valence-corrected chi connectivity index (χ4v) is 0.690. The van der Waals surface area contributed by atoms with Crippen LogP contribution in [-0.4, -0.2) is 17.7 Å². The highest BCUT2D eigenvalue weighted by molar-refractivity contribution is 5.86. The van der Waals surface area contributed by atoms with Crippen molar-refractivity contribution in [2.75, 3.05) is 6.61 Å². The number of halogens is 2. The number of hydrogen-bond acceptors (Lipinski definition) is 4. The van der Waals surface area contributed by atoms with Gasteiger partial charge in [-0.05, 0) is 6.92 Å². The van der Waals surface area contributed by atoms with Gasteiger partial charge in [0.2, 0.25) is 5.76 Å². The second-order valence-electron chi connectivity index (χ2n) is 2.14. The minimum absolute atomic E-state index is 0.156. The first-order valence-corrected chi connectivity index (χ1v) is 3.57. The molecular formula is C7H7F2NO3. The summed E-state index contributed by atoms with van der Waals surface area (Å²) in [5, 5.41) is 2.99. The summed E-state index contributed by atoms with van der Waals surface area (Å²) in [6, 6.07) is 0.864. The van der Waals surface area contributed by atoms with E-state index in [9.17, 15) is 13.6 Å². The topological polar surface area (TPSA) is 52.3 Å². The average Bonchev–Trinajstić information content (AvgIpc) is 2.52. The Morgan fingerprint density at radius 1 is 1.77 bits per heavy atom. The number of hydrogen-bond donors (Lipinski definition) is 0. The summed E-state index contributed by atoms with van der Waals surface area (Å²) in [5.41, 5.74) is -0.567. The largest absolute Gasteiger partial charge is 0.460 e. The van der Waals surface area contributed by atoms with Crippen molar-refractivity contribution in [2.24, 2.45) is 0 Å². The normalized spacial score (nSPS) is 10.5. The molecular weight excluding hydrogens is 184 g/mol. The molecule has 1 aromatic rings. The van der Waals surface area contributed by atoms with Gasteiger partial charge in [-0.2, -0.15) is 0 Å². The van der Waals surface area contributed by atoms with Crippen LogP contribution in [0.4, 0.5) is 8.78 Å². The zero-order chi connectivity index (χ0) is 9.84. The molecule has 1 rings (SSSR count). The van der Waals surface area contributed by atoms with E-state index in [1.54, 1.807) is 6.92 Å². The Balaban J connectivity index is 2.73. The summed E-state index contributed by atoms with van der Waals surface area (Å²) in [6.07, 6.45) is -2.74. The van der Waals surface area contributed by atoms with Crippen molar-refractivity contribution in [1.29, 1.82) is 0 Å². The van der Waals surface area contributed by atoms with Crippen LogP contribution in [0.1, 0.15) is 29.6 Å². The summed E-state index contributed by atoms with van der Waals surface area (Å²) in [4.78, 5) is 10.9. The SMILES string of the molecule is CCOC(=O)c1cc(C(F)F)no1. The maximum atomic E-state index is 12.0. The van der Waals surface area contributed by atoms with Crippen molar-refractivity contribution in [2.45, 2.75) is 13.3 Å². The van der Waals surface area contributed by atoms with Crippen LogP contribution in [0.25, 0.3) is 0 Å². The Morgan fingerprint density at radius 3 is 2.92 bits per heavy atom. The lowest BCUT2D eigenvalue weighted by Crippen LogP contribution is -2.02. The number of aromatic nitrogens is 1. The van der Waals surface area contributed by atoms with Crippen LogP contribution in [0, 0.1) is 0 Å². The molecule has 0 amide bonds. The monoisotopic (exact) mass is 191 g/mol. The minimum Gasteiger partial charge on any atom is -0.460 e. The Kier molecular flexibility index (Phi) is 2.94. The summed E-state index contributed by atoms with van der Waals surface area (Å²) in [6.45, 7) is 1.76. The maximum absolute atomic E-state index is 12.0.